The summed E-state index contributed by atoms with van der Waals surface area (Å²) in [6.45, 7) is 2.10. The van der Waals surface area contributed by atoms with E-state index in [4.69, 9.17) is 5.26 Å². The number of hydrogen-bond acceptors (Lipinski definition) is 2. The number of nitriles is 1. The molecule has 0 radical (unpaired) electrons. The van der Waals surface area contributed by atoms with Crippen molar-refractivity contribution in [3.8, 4) is 6.07 Å². The van der Waals surface area contributed by atoms with Gasteiger partial charge in [0.05, 0.1) is 11.6 Å². The van der Waals surface area contributed by atoms with Crippen molar-refractivity contribution in [3.63, 3.8) is 0 Å². The fraction of sp³-hybridized carbons (Fsp3) is 0.375. The third kappa shape index (κ3) is 3.45. The molecule has 1 aromatic rings. The van der Waals surface area contributed by atoms with Gasteiger partial charge in [-0.15, -0.1) is 0 Å². The second-order valence-corrected chi connectivity index (χ2v) is 5.10. The maximum absolute atomic E-state index is 12.0. The fourth-order valence-electron chi connectivity index (χ4n) is 2.09. The van der Waals surface area contributed by atoms with Gasteiger partial charge in [-0.25, -0.2) is 0 Å². The molecule has 2 rings (SSSR count). The van der Waals surface area contributed by atoms with Crippen LogP contribution in [0.5, 0.6) is 0 Å². The van der Waals surface area contributed by atoms with E-state index in [1.807, 2.05) is 19.2 Å². The molecule has 1 fully saturated rings. The molecule has 98 valence electrons. The molecule has 1 saturated carbocycles. The highest BCUT2D eigenvalue weighted by molar-refractivity contribution is 5.91. The molecule has 1 amide bonds. The Kier molecular flexibility index (Phi) is 4.01. The standard InChI is InChI=1S/C16H18N2O/c1-12(15-7-8-15)18(2)16(19)9-6-13-4-3-5-14(10-13)11-17/h3-6,9-10,12,15H,7-8H2,1-2H3/b9-6+. The van der Waals surface area contributed by atoms with E-state index in [1.165, 1.54) is 12.8 Å². The second-order valence-electron chi connectivity index (χ2n) is 5.10. The molecule has 3 nitrogen and oxygen atoms in total. The van der Waals surface area contributed by atoms with E-state index in [1.54, 1.807) is 29.2 Å². The highest BCUT2D eigenvalue weighted by Crippen LogP contribution is 2.34. The van der Waals surface area contributed by atoms with Gasteiger partial charge in [-0.1, -0.05) is 12.1 Å². The van der Waals surface area contributed by atoms with Gasteiger partial charge in [-0.2, -0.15) is 5.26 Å². The molecule has 3 heteroatoms. The summed E-state index contributed by atoms with van der Waals surface area (Å²) >= 11 is 0. The van der Waals surface area contributed by atoms with E-state index in [2.05, 4.69) is 13.0 Å². The van der Waals surface area contributed by atoms with Crippen molar-refractivity contribution in [1.82, 2.24) is 4.90 Å². The topological polar surface area (TPSA) is 44.1 Å². The first kappa shape index (κ1) is 13.4. The summed E-state index contributed by atoms with van der Waals surface area (Å²) in [6, 6.07) is 9.62. The zero-order valence-electron chi connectivity index (χ0n) is 11.3. The van der Waals surface area contributed by atoms with Crippen LogP contribution < -0.4 is 0 Å². The van der Waals surface area contributed by atoms with Crippen LogP contribution in [0.15, 0.2) is 30.3 Å². The van der Waals surface area contributed by atoms with Gasteiger partial charge in [0.25, 0.3) is 0 Å². The Balaban J connectivity index is 2.00. The Morgan fingerprint density at radius 1 is 1.53 bits per heavy atom. The highest BCUT2D eigenvalue weighted by Gasteiger charge is 2.31. The van der Waals surface area contributed by atoms with Crippen LogP contribution in [-0.4, -0.2) is 23.9 Å². The van der Waals surface area contributed by atoms with Crippen LogP contribution in [0, 0.1) is 17.2 Å². The number of likely N-dealkylation sites (N-methyl/N-ethyl adjacent to an activating group) is 1. The molecule has 0 aliphatic heterocycles. The SMILES string of the molecule is CC(C1CC1)N(C)C(=O)/C=C/c1cccc(C#N)c1. The largest absolute Gasteiger partial charge is 0.339 e. The minimum atomic E-state index is 0.0155. The number of hydrogen-bond donors (Lipinski definition) is 0. The first-order chi connectivity index (χ1) is 9.11. The maximum atomic E-state index is 12.0. The van der Waals surface area contributed by atoms with Crippen LogP contribution in [0.4, 0.5) is 0 Å². The zero-order valence-corrected chi connectivity index (χ0v) is 11.3. The first-order valence-corrected chi connectivity index (χ1v) is 6.57. The predicted molar refractivity (Wildman–Crippen MR) is 75.1 cm³/mol. The third-order valence-electron chi connectivity index (χ3n) is 3.70. The van der Waals surface area contributed by atoms with Crippen LogP contribution in [0.25, 0.3) is 6.08 Å². The van der Waals surface area contributed by atoms with E-state index in [-0.39, 0.29) is 5.91 Å². The summed E-state index contributed by atoms with van der Waals surface area (Å²) in [4.78, 5) is 13.8. The number of carbonyl (C=O) groups excluding carboxylic acids is 1. The minimum Gasteiger partial charge on any atom is -0.339 e. The maximum Gasteiger partial charge on any atom is 0.246 e. The summed E-state index contributed by atoms with van der Waals surface area (Å²) in [5.74, 6) is 0.686. The molecule has 0 spiro atoms. The van der Waals surface area contributed by atoms with Gasteiger partial charge < -0.3 is 4.90 Å². The number of carbonyl (C=O) groups is 1. The van der Waals surface area contributed by atoms with Gasteiger partial charge in [-0.3, -0.25) is 4.79 Å². The normalized spacial score (nSPS) is 16.1. The summed E-state index contributed by atoms with van der Waals surface area (Å²) < 4.78 is 0. The molecule has 1 aliphatic rings. The molecular formula is C16H18N2O. The van der Waals surface area contributed by atoms with Gasteiger partial charge in [0, 0.05) is 19.2 Å². The van der Waals surface area contributed by atoms with E-state index in [0.29, 0.717) is 17.5 Å². The molecular weight excluding hydrogens is 236 g/mol. The van der Waals surface area contributed by atoms with Crippen LogP contribution in [0.1, 0.15) is 30.9 Å². The Morgan fingerprint density at radius 2 is 2.26 bits per heavy atom. The molecule has 0 heterocycles. The summed E-state index contributed by atoms with van der Waals surface area (Å²) in [5, 5.41) is 8.82. The van der Waals surface area contributed by atoms with Crippen molar-refractivity contribution >= 4 is 12.0 Å². The number of nitrogens with zero attached hydrogens (tertiary/aromatic N) is 2. The van der Waals surface area contributed by atoms with Crippen LogP contribution in [0.3, 0.4) is 0 Å². The van der Waals surface area contributed by atoms with E-state index in [0.717, 1.165) is 5.56 Å². The minimum absolute atomic E-state index is 0.0155. The monoisotopic (exact) mass is 254 g/mol. The predicted octanol–water partition coefficient (Wildman–Crippen LogP) is 2.83. The second kappa shape index (κ2) is 5.71. The Hall–Kier alpha value is -2.08. The van der Waals surface area contributed by atoms with Crippen molar-refractivity contribution in [3.05, 3.63) is 41.5 Å². The van der Waals surface area contributed by atoms with Crippen molar-refractivity contribution in [2.45, 2.75) is 25.8 Å². The van der Waals surface area contributed by atoms with Gasteiger partial charge in [0.2, 0.25) is 5.91 Å². The lowest BCUT2D eigenvalue weighted by Gasteiger charge is -2.23. The Morgan fingerprint density at radius 3 is 2.89 bits per heavy atom. The van der Waals surface area contributed by atoms with Crippen LogP contribution in [-0.2, 0) is 4.79 Å². The zero-order chi connectivity index (χ0) is 13.8. The quantitative estimate of drug-likeness (QED) is 0.775. The molecule has 1 aromatic carbocycles. The fourth-order valence-corrected chi connectivity index (χ4v) is 2.09. The number of amides is 1. The van der Waals surface area contributed by atoms with Crippen molar-refractivity contribution in [2.75, 3.05) is 7.05 Å². The molecule has 0 N–H and O–H groups in total. The lowest BCUT2D eigenvalue weighted by atomic mass is 10.1. The molecule has 0 aromatic heterocycles. The van der Waals surface area contributed by atoms with Crippen LogP contribution >= 0.6 is 0 Å². The first-order valence-electron chi connectivity index (χ1n) is 6.57. The molecule has 1 aliphatic carbocycles. The third-order valence-corrected chi connectivity index (χ3v) is 3.70. The van der Waals surface area contributed by atoms with E-state index >= 15 is 0 Å². The lowest BCUT2D eigenvalue weighted by molar-refractivity contribution is -0.126. The molecule has 0 bridgehead atoms. The molecule has 0 saturated heterocycles. The van der Waals surface area contributed by atoms with Crippen molar-refractivity contribution in [2.24, 2.45) is 5.92 Å². The van der Waals surface area contributed by atoms with Gasteiger partial charge in [0.1, 0.15) is 0 Å². The summed E-state index contributed by atoms with van der Waals surface area (Å²) in [7, 11) is 1.85. The van der Waals surface area contributed by atoms with Crippen LogP contribution in [0.2, 0.25) is 0 Å². The number of benzene rings is 1. The summed E-state index contributed by atoms with van der Waals surface area (Å²) in [6.07, 6.45) is 5.80. The molecule has 1 unspecified atom stereocenters. The van der Waals surface area contributed by atoms with Crippen molar-refractivity contribution in [1.29, 1.82) is 5.26 Å². The van der Waals surface area contributed by atoms with Crippen molar-refractivity contribution < 1.29 is 4.79 Å². The Labute approximate surface area is 114 Å². The van der Waals surface area contributed by atoms with Gasteiger partial charge >= 0.3 is 0 Å². The molecule has 19 heavy (non-hydrogen) atoms. The van der Waals surface area contributed by atoms with Gasteiger partial charge in [-0.05, 0) is 49.5 Å². The lowest BCUT2D eigenvalue weighted by Crippen LogP contribution is -2.35. The highest BCUT2D eigenvalue weighted by atomic mass is 16.2. The summed E-state index contributed by atoms with van der Waals surface area (Å²) in [5.41, 5.74) is 1.48. The van der Waals surface area contributed by atoms with Gasteiger partial charge in [0.15, 0.2) is 0 Å². The average Bonchev–Trinajstić information content (AvgIpc) is 3.28. The van der Waals surface area contributed by atoms with E-state index in [9.17, 15) is 4.79 Å². The number of rotatable bonds is 4. The smallest absolute Gasteiger partial charge is 0.246 e. The molecule has 1 atom stereocenters. The Bertz CT molecular complexity index is 538. The van der Waals surface area contributed by atoms with E-state index < -0.39 is 0 Å². The average molecular weight is 254 g/mol.